The number of rotatable bonds is 4. The lowest BCUT2D eigenvalue weighted by molar-refractivity contribution is 0.317. The molecule has 80 valence electrons. The first-order valence-corrected chi connectivity index (χ1v) is 4.47. The molecule has 0 saturated heterocycles. The van der Waals surface area contributed by atoms with Crippen molar-refractivity contribution in [1.29, 1.82) is 5.39 Å². The first-order chi connectivity index (χ1) is 7.21. The molecule has 6 heteroatoms. The van der Waals surface area contributed by atoms with E-state index in [1.807, 2.05) is 6.92 Å². The van der Waals surface area contributed by atoms with Gasteiger partial charge in [-0.2, -0.15) is 0 Å². The molecule has 0 aliphatic carbocycles. The van der Waals surface area contributed by atoms with E-state index in [-0.39, 0.29) is 17.7 Å². The van der Waals surface area contributed by atoms with Gasteiger partial charge in [0.2, 0.25) is 11.2 Å². The normalized spacial score (nSPS) is 9.40. The van der Waals surface area contributed by atoms with Gasteiger partial charge in [-0.3, -0.25) is 4.79 Å². The molecule has 0 radical (unpaired) electrons. The molecule has 0 N–H and O–H groups in total. The zero-order valence-corrected chi connectivity index (χ0v) is 8.64. The van der Waals surface area contributed by atoms with Gasteiger partial charge in [0, 0.05) is 6.07 Å². The quantitative estimate of drug-likeness (QED) is 0.552. The number of ether oxygens (including phenoxy) is 1. The summed E-state index contributed by atoms with van der Waals surface area (Å²) in [6.45, 7) is 2.58. The minimum Gasteiger partial charge on any atom is -0.490 e. The number of nitrogens with zero attached hydrogens (tertiary/aromatic N) is 3. The van der Waals surface area contributed by atoms with Crippen LogP contribution in [0.3, 0.4) is 0 Å². The molecule has 0 fully saturated rings. The fourth-order valence-corrected chi connectivity index (χ4v) is 1.06. The summed E-state index contributed by atoms with van der Waals surface area (Å²) in [4.78, 5) is 11.3. The van der Waals surface area contributed by atoms with E-state index in [1.165, 1.54) is 24.4 Å². The summed E-state index contributed by atoms with van der Waals surface area (Å²) < 4.78 is 9.89. The van der Waals surface area contributed by atoms with E-state index in [9.17, 15) is 4.79 Å². The Morgan fingerprint density at radius 1 is 1.67 bits per heavy atom. The Labute approximate surface area is 86.7 Å². The van der Waals surface area contributed by atoms with Crippen LogP contribution in [-0.4, -0.2) is 18.7 Å². The van der Waals surface area contributed by atoms with E-state index < -0.39 is 0 Å². The van der Waals surface area contributed by atoms with Crippen molar-refractivity contribution in [3.05, 3.63) is 33.4 Å². The van der Waals surface area contributed by atoms with Crippen molar-refractivity contribution < 1.29 is 9.15 Å². The summed E-state index contributed by atoms with van der Waals surface area (Å²) in [5, 5.41) is 12.9. The van der Waals surface area contributed by atoms with E-state index in [0.29, 0.717) is 12.3 Å². The molecule has 0 aromatic carbocycles. The highest BCUT2D eigenvalue weighted by Crippen LogP contribution is 2.07. The average molecular weight is 210 g/mol. The van der Waals surface area contributed by atoms with Gasteiger partial charge in [0.05, 0.1) is 13.7 Å². The summed E-state index contributed by atoms with van der Waals surface area (Å²) >= 11 is 0. The second-order valence-corrected chi connectivity index (χ2v) is 2.85. The van der Waals surface area contributed by atoms with Crippen LogP contribution in [0.4, 0.5) is 0 Å². The Morgan fingerprint density at radius 2 is 2.40 bits per heavy atom. The summed E-state index contributed by atoms with van der Waals surface area (Å²) in [7, 11) is 1.40. The first kappa shape index (κ1) is 11.0. The molecule has 0 saturated carbocycles. The van der Waals surface area contributed by atoms with Gasteiger partial charge in [-0.1, -0.05) is 0 Å². The molecular formula is C9H12N3O3+. The van der Waals surface area contributed by atoms with Crippen LogP contribution in [0.2, 0.25) is 0 Å². The Balaban J connectivity index is 2.85. The molecule has 0 bridgehead atoms. The Bertz CT molecular complexity index is 421. The van der Waals surface area contributed by atoms with Crippen molar-refractivity contribution in [3.63, 3.8) is 0 Å². The lowest BCUT2D eigenvalue weighted by Crippen LogP contribution is -2.15. The molecule has 0 aliphatic heterocycles. The topological polar surface area (TPSA) is 70.8 Å². The fraction of sp³-hybridized carbons (Fsp3) is 0.444. The highest BCUT2D eigenvalue weighted by molar-refractivity contribution is 5.17. The first-order valence-electron chi connectivity index (χ1n) is 4.47. The van der Waals surface area contributed by atoms with Gasteiger partial charge in [0.25, 0.3) is 5.39 Å². The average Bonchev–Trinajstić information content (AvgIpc) is 2.26. The minimum atomic E-state index is -0.257. The van der Waals surface area contributed by atoms with Crippen LogP contribution in [0.15, 0.2) is 21.5 Å². The second-order valence-electron chi connectivity index (χ2n) is 2.85. The lowest BCUT2D eigenvalue weighted by Gasteiger charge is -2.02. The summed E-state index contributed by atoms with van der Waals surface area (Å²) in [5.41, 5.74) is -0.257. The number of methoxy groups -OCH3 is 1. The highest BCUT2D eigenvalue weighted by atomic mass is 16.5. The van der Waals surface area contributed by atoms with E-state index >= 15 is 0 Å². The standard InChI is InChI=1S/C9H12N3O3/c1-3-12(11-10)5-7-4-8(13)9(14-2)6-15-7/h4,6H,3,5H2,1-2H3/q+1. The highest BCUT2D eigenvalue weighted by Gasteiger charge is 2.13. The molecule has 1 aromatic heterocycles. The third kappa shape index (κ3) is 2.71. The van der Waals surface area contributed by atoms with Crippen molar-refractivity contribution >= 4 is 0 Å². The smallest absolute Gasteiger partial charge is 0.305 e. The van der Waals surface area contributed by atoms with E-state index in [0.717, 1.165) is 0 Å². The molecule has 6 nitrogen and oxygen atoms in total. The van der Waals surface area contributed by atoms with E-state index in [2.05, 4.69) is 5.08 Å². The Morgan fingerprint density at radius 3 is 2.87 bits per heavy atom. The van der Waals surface area contributed by atoms with Crippen LogP contribution < -0.4 is 10.2 Å². The van der Waals surface area contributed by atoms with Crippen LogP contribution in [0.25, 0.3) is 5.08 Å². The third-order valence-electron chi connectivity index (χ3n) is 1.90. The van der Waals surface area contributed by atoms with E-state index in [1.54, 1.807) is 0 Å². The van der Waals surface area contributed by atoms with Crippen LogP contribution >= 0.6 is 0 Å². The maximum atomic E-state index is 11.3. The molecule has 0 atom stereocenters. The molecule has 0 aliphatic rings. The van der Waals surface area contributed by atoms with Gasteiger partial charge < -0.3 is 9.15 Å². The monoisotopic (exact) mass is 210 g/mol. The van der Waals surface area contributed by atoms with Gasteiger partial charge in [0.15, 0.2) is 6.54 Å². The van der Waals surface area contributed by atoms with Crippen LogP contribution in [-0.2, 0) is 6.54 Å². The van der Waals surface area contributed by atoms with Crippen LogP contribution in [0.5, 0.6) is 5.75 Å². The van der Waals surface area contributed by atoms with Gasteiger partial charge >= 0.3 is 5.08 Å². The number of hydrogen-bond acceptors (Lipinski definition) is 5. The summed E-state index contributed by atoms with van der Waals surface area (Å²) in [6, 6.07) is 1.31. The molecule has 0 spiro atoms. The SMILES string of the molecule is CCN(Cc1cc(=O)c(OC)co1)[N+]#N. The van der Waals surface area contributed by atoms with Gasteiger partial charge in [-0.05, 0) is 11.9 Å². The third-order valence-corrected chi connectivity index (χ3v) is 1.90. The Kier molecular flexibility index (Phi) is 3.68. The zero-order valence-electron chi connectivity index (χ0n) is 8.64. The van der Waals surface area contributed by atoms with Crippen molar-refractivity contribution in [2.75, 3.05) is 13.7 Å². The van der Waals surface area contributed by atoms with Crippen molar-refractivity contribution in [2.24, 2.45) is 0 Å². The maximum Gasteiger partial charge on any atom is 0.305 e. The zero-order chi connectivity index (χ0) is 11.3. The molecule has 0 unspecified atom stereocenters. The van der Waals surface area contributed by atoms with Gasteiger partial charge in [0.1, 0.15) is 12.0 Å². The molecular weight excluding hydrogens is 198 g/mol. The predicted octanol–water partition coefficient (Wildman–Crippen LogP) is 1.24. The van der Waals surface area contributed by atoms with Crippen LogP contribution in [0, 0.1) is 5.39 Å². The van der Waals surface area contributed by atoms with Crippen molar-refractivity contribution in [3.8, 4) is 5.75 Å². The minimum absolute atomic E-state index is 0.155. The fourth-order valence-electron chi connectivity index (χ4n) is 1.06. The molecule has 15 heavy (non-hydrogen) atoms. The van der Waals surface area contributed by atoms with Crippen LogP contribution in [0.1, 0.15) is 12.7 Å². The molecule has 1 heterocycles. The number of diazo groups is 1. The largest absolute Gasteiger partial charge is 0.490 e. The second kappa shape index (κ2) is 5.00. The van der Waals surface area contributed by atoms with Crippen molar-refractivity contribution in [2.45, 2.75) is 13.5 Å². The lowest BCUT2D eigenvalue weighted by atomic mass is 10.3. The Hall–Kier alpha value is -2.03. The van der Waals surface area contributed by atoms with Gasteiger partial charge in [-0.25, -0.2) is 0 Å². The number of hydrogen-bond donors (Lipinski definition) is 0. The molecule has 0 amide bonds. The van der Waals surface area contributed by atoms with Crippen molar-refractivity contribution in [1.82, 2.24) is 5.01 Å². The van der Waals surface area contributed by atoms with E-state index in [4.69, 9.17) is 14.5 Å². The molecule has 1 rings (SSSR count). The summed E-state index contributed by atoms with van der Waals surface area (Å²) in [5.74, 6) is 0.572. The molecule has 1 aromatic rings. The van der Waals surface area contributed by atoms with Gasteiger partial charge in [-0.15, -0.1) is 0 Å². The summed E-state index contributed by atoms with van der Waals surface area (Å²) in [6.07, 6.45) is 1.24. The maximum absolute atomic E-state index is 11.3. The predicted molar refractivity (Wildman–Crippen MR) is 52.7 cm³/mol.